The highest BCUT2D eigenvalue weighted by molar-refractivity contribution is 5.98. The fourth-order valence-electron chi connectivity index (χ4n) is 1.91. The zero-order valence-corrected chi connectivity index (χ0v) is 9.57. The molecule has 0 fully saturated rings. The number of fused-ring (bicyclic) bond motifs is 1. The third-order valence-electron chi connectivity index (χ3n) is 2.92. The van der Waals surface area contributed by atoms with Gasteiger partial charge in [0.25, 0.3) is 5.91 Å². The molecule has 2 rings (SSSR count). The van der Waals surface area contributed by atoms with E-state index in [2.05, 4.69) is 5.32 Å². The molecule has 1 aliphatic rings. The Morgan fingerprint density at radius 2 is 2.12 bits per heavy atom. The Bertz CT molecular complexity index is 440. The molecule has 1 aliphatic heterocycles. The van der Waals surface area contributed by atoms with Crippen molar-refractivity contribution in [3.63, 3.8) is 0 Å². The van der Waals surface area contributed by atoms with Crippen LogP contribution >= 0.6 is 0 Å². The number of hydrogen-bond donors (Lipinski definition) is 2. The molecular weight excluding hydrogens is 206 g/mol. The third-order valence-corrected chi connectivity index (χ3v) is 2.92. The van der Waals surface area contributed by atoms with Crippen molar-refractivity contribution < 1.29 is 14.6 Å². The fourth-order valence-corrected chi connectivity index (χ4v) is 1.91. The molecule has 86 valence electrons. The summed E-state index contributed by atoms with van der Waals surface area (Å²) in [4.78, 5) is 11.8. The SMILES string of the molecule is COc1ccc2c(c1)C(=O)NC(C)(C)C2O. The fraction of sp³-hybridized carbons (Fsp3) is 0.417. The van der Waals surface area contributed by atoms with Crippen molar-refractivity contribution in [1.29, 1.82) is 0 Å². The highest BCUT2D eigenvalue weighted by Crippen LogP contribution is 2.34. The molecule has 16 heavy (non-hydrogen) atoms. The standard InChI is InChI=1S/C12H15NO3/c1-12(2)10(14)8-5-4-7(16-3)6-9(8)11(15)13-12/h4-6,10,14H,1-3H3,(H,13,15). The zero-order valence-electron chi connectivity index (χ0n) is 9.57. The topological polar surface area (TPSA) is 58.6 Å². The summed E-state index contributed by atoms with van der Waals surface area (Å²) in [7, 11) is 1.54. The molecular formula is C12H15NO3. The molecule has 0 saturated heterocycles. The number of benzene rings is 1. The molecule has 2 N–H and O–H groups in total. The van der Waals surface area contributed by atoms with Crippen LogP contribution in [0.15, 0.2) is 18.2 Å². The van der Waals surface area contributed by atoms with Gasteiger partial charge in [0.1, 0.15) is 11.9 Å². The van der Waals surface area contributed by atoms with E-state index in [0.717, 1.165) is 0 Å². The van der Waals surface area contributed by atoms with Crippen LogP contribution in [0, 0.1) is 0 Å². The molecule has 4 heteroatoms. The van der Waals surface area contributed by atoms with Crippen LogP contribution in [0.2, 0.25) is 0 Å². The number of nitrogens with one attached hydrogen (secondary N) is 1. The van der Waals surface area contributed by atoms with E-state index in [9.17, 15) is 9.90 Å². The summed E-state index contributed by atoms with van der Waals surface area (Å²) in [6.07, 6.45) is -0.703. The smallest absolute Gasteiger partial charge is 0.252 e. The first-order valence-corrected chi connectivity index (χ1v) is 5.14. The summed E-state index contributed by atoms with van der Waals surface area (Å²) in [5.41, 5.74) is 0.485. The van der Waals surface area contributed by atoms with Gasteiger partial charge in [-0.25, -0.2) is 0 Å². The molecule has 1 unspecified atom stereocenters. The monoisotopic (exact) mass is 221 g/mol. The van der Waals surface area contributed by atoms with Gasteiger partial charge in [-0.1, -0.05) is 6.07 Å². The van der Waals surface area contributed by atoms with Crippen molar-refractivity contribution in [2.75, 3.05) is 7.11 Å². The maximum absolute atomic E-state index is 11.8. The van der Waals surface area contributed by atoms with E-state index < -0.39 is 11.6 Å². The Kier molecular flexibility index (Phi) is 2.39. The van der Waals surface area contributed by atoms with E-state index in [1.54, 1.807) is 39.2 Å². The van der Waals surface area contributed by atoms with Gasteiger partial charge in [0.2, 0.25) is 0 Å². The minimum absolute atomic E-state index is 0.177. The predicted octanol–water partition coefficient (Wildman–Crippen LogP) is 1.25. The van der Waals surface area contributed by atoms with Crippen LogP contribution in [-0.2, 0) is 0 Å². The maximum atomic E-state index is 11.8. The van der Waals surface area contributed by atoms with Gasteiger partial charge in [-0.3, -0.25) is 4.79 Å². The van der Waals surface area contributed by atoms with Gasteiger partial charge < -0.3 is 15.2 Å². The van der Waals surface area contributed by atoms with Crippen molar-refractivity contribution in [3.05, 3.63) is 29.3 Å². The lowest BCUT2D eigenvalue weighted by molar-refractivity contribution is 0.0545. The normalized spacial score (nSPS) is 22.2. The van der Waals surface area contributed by atoms with Crippen LogP contribution in [-0.4, -0.2) is 23.7 Å². The maximum Gasteiger partial charge on any atom is 0.252 e. The highest BCUT2D eigenvalue weighted by atomic mass is 16.5. The van der Waals surface area contributed by atoms with Crippen molar-refractivity contribution in [3.8, 4) is 5.75 Å². The first kappa shape index (κ1) is 11.0. The number of rotatable bonds is 1. The summed E-state index contributed by atoms with van der Waals surface area (Å²) < 4.78 is 5.05. The Balaban J connectivity index is 2.54. The van der Waals surface area contributed by atoms with Crippen LogP contribution < -0.4 is 10.1 Å². The van der Waals surface area contributed by atoms with E-state index in [0.29, 0.717) is 16.9 Å². The lowest BCUT2D eigenvalue weighted by atomic mass is 9.84. The van der Waals surface area contributed by atoms with Crippen molar-refractivity contribution in [2.45, 2.75) is 25.5 Å². The summed E-state index contributed by atoms with van der Waals surface area (Å²) in [5, 5.41) is 12.9. The van der Waals surface area contributed by atoms with Crippen molar-refractivity contribution in [1.82, 2.24) is 5.32 Å². The minimum atomic E-state index is -0.703. The highest BCUT2D eigenvalue weighted by Gasteiger charge is 2.38. The summed E-state index contributed by atoms with van der Waals surface area (Å²) in [6, 6.07) is 5.12. The molecule has 4 nitrogen and oxygen atoms in total. The molecule has 0 spiro atoms. The quantitative estimate of drug-likeness (QED) is 0.750. The number of carbonyl (C=O) groups is 1. The van der Waals surface area contributed by atoms with Gasteiger partial charge in [-0.2, -0.15) is 0 Å². The Morgan fingerprint density at radius 1 is 1.44 bits per heavy atom. The van der Waals surface area contributed by atoms with Gasteiger partial charge in [-0.15, -0.1) is 0 Å². The van der Waals surface area contributed by atoms with Crippen molar-refractivity contribution >= 4 is 5.91 Å². The Labute approximate surface area is 94.2 Å². The lowest BCUT2D eigenvalue weighted by Gasteiger charge is -2.37. The molecule has 0 aromatic heterocycles. The number of methoxy groups -OCH3 is 1. The second-order valence-corrected chi connectivity index (χ2v) is 4.53. The van der Waals surface area contributed by atoms with E-state index in [1.165, 1.54) is 0 Å². The molecule has 1 heterocycles. The molecule has 1 aromatic rings. The molecule has 1 amide bonds. The van der Waals surface area contributed by atoms with Gasteiger partial charge in [-0.05, 0) is 31.5 Å². The summed E-state index contributed by atoms with van der Waals surface area (Å²) in [6.45, 7) is 3.59. The van der Waals surface area contributed by atoms with Crippen LogP contribution in [0.5, 0.6) is 5.75 Å². The predicted molar refractivity (Wildman–Crippen MR) is 59.5 cm³/mol. The van der Waals surface area contributed by atoms with Gasteiger partial charge >= 0.3 is 0 Å². The third kappa shape index (κ3) is 1.55. The Hall–Kier alpha value is -1.55. The largest absolute Gasteiger partial charge is 0.497 e. The molecule has 1 aromatic carbocycles. The number of amides is 1. The zero-order chi connectivity index (χ0) is 11.9. The number of carbonyl (C=O) groups excluding carboxylic acids is 1. The van der Waals surface area contributed by atoms with Gasteiger partial charge in [0, 0.05) is 5.56 Å². The molecule has 0 saturated carbocycles. The molecule has 1 atom stereocenters. The van der Waals surface area contributed by atoms with E-state index >= 15 is 0 Å². The van der Waals surface area contributed by atoms with E-state index in [1.807, 2.05) is 0 Å². The van der Waals surface area contributed by atoms with Gasteiger partial charge in [0.15, 0.2) is 0 Å². The molecule has 0 aliphatic carbocycles. The lowest BCUT2D eigenvalue weighted by Crippen LogP contribution is -2.52. The van der Waals surface area contributed by atoms with E-state index in [4.69, 9.17) is 4.74 Å². The van der Waals surface area contributed by atoms with Crippen molar-refractivity contribution in [2.24, 2.45) is 0 Å². The summed E-state index contributed by atoms with van der Waals surface area (Å²) in [5.74, 6) is 0.435. The number of hydrogen-bond acceptors (Lipinski definition) is 3. The number of ether oxygens (including phenoxy) is 1. The second kappa shape index (κ2) is 3.49. The molecule has 0 radical (unpaired) electrons. The average Bonchev–Trinajstić information content (AvgIpc) is 2.25. The second-order valence-electron chi connectivity index (χ2n) is 4.53. The van der Waals surface area contributed by atoms with Crippen LogP contribution in [0.3, 0.4) is 0 Å². The van der Waals surface area contributed by atoms with E-state index in [-0.39, 0.29) is 5.91 Å². The summed E-state index contributed by atoms with van der Waals surface area (Å²) >= 11 is 0. The molecule has 0 bridgehead atoms. The van der Waals surface area contributed by atoms with Crippen LogP contribution in [0.4, 0.5) is 0 Å². The Morgan fingerprint density at radius 3 is 2.75 bits per heavy atom. The minimum Gasteiger partial charge on any atom is -0.497 e. The number of aliphatic hydroxyl groups excluding tert-OH is 1. The van der Waals surface area contributed by atoms with Crippen LogP contribution in [0.1, 0.15) is 35.9 Å². The van der Waals surface area contributed by atoms with Gasteiger partial charge in [0.05, 0.1) is 12.6 Å². The van der Waals surface area contributed by atoms with Crippen LogP contribution in [0.25, 0.3) is 0 Å². The average molecular weight is 221 g/mol. The first-order chi connectivity index (χ1) is 7.45. The first-order valence-electron chi connectivity index (χ1n) is 5.14. The number of aliphatic hydroxyl groups is 1.